The van der Waals surface area contributed by atoms with E-state index in [1.54, 1.807) is 5.57 Å². The van der Waals surface area contributed by atoms with Crippen molar-refractivity contribution in [3.8, 4) is 39.6 Å². The van der Waals surface area contributed by atoms with E-state index in [0.29, 0.717) is 17.6 Å². The Morgan fingerprint density at radius 3 is 1.89 bits per heavy atom. The van der Waals surface area contributed by atoms with Gasteiger partial charge in [0.25, 0.3) is 0 Å². The molecule has 1 unspecified atom stereocenters. The minimum atomic E-state index is 0.348. The van der Waals surface area contributed by atoms with E-state index in [-0.39, 0.29) is 0 Å². The maximum atomic E-state index is 5.29. The molecule has 0 saturated heterocycles. The predicted octanol–water partition coefficient (Wildman–Crippen LogP) is 13.5. The molecule has 2 aromatic heterocycles. The Kier molecular flexibility index (Phi) is 8.40. The normalized spacial score (nSPS) is 16.5. The lowest BCUT2D eigenvalue weighted by molar-refractivity contribution is 0.743. The highest BCUT2D eigenvalue weighted by molar-refractivity contribution is 8.07. The third-order valence-corrected chi connectivity index (χ3v) is 13.0. The third-order valence-electron chi connectivity index (χ3n) is 11.6. The molecule has 0 saturated carbocycles. The first-order valence-electron chi connectivity index (χ1n) is 19.8. The van der Waals surface area contributed by atoms with Crippen LogP contribution < -0.4 is 0 Å². The summed E-state index contributed by atoms with van der Waals surface area (Å²) < 4.78 is 2.37. The second kappa shape index (κ2) is 14.2. The molecule has 8 aromatic rings. The standard InChI is InChI=1S/C52H38N4S/c1-3-15-34(16-4-1)38-21-13-30-48-45(33-38)43-26-14-27-44(49(43)57-48)52-54-50(35-17-5-2-6-18-35)53-51(55-52)39-22-11-19-36(31-39)37-20-12-23-40(32-37)56-46-28-9-7-24-41(46)42-25-8-10-29-47(42)56/h1-12,14-25,27-29,31-32,43H,13,26,30,33H2. The monoisotopic (exact) mass is 750 g/mol. The van der Waals surface area contributed by atoms with Crippen LogP contribution in [0.1, 0.15) is 37.1 Å². The summed E-state index contributed by atoms with van der Waals surface area (Å²) in [6.45, 7) is 0. The second-order valence-corrected chi connectivity index (χ2v) is 16.1. The number of nitrogens with zero attached hydrogens (tertiary/aromatic N) is 4. The fourth-order valence-electron chi connectivity index (χ4n) is 8.87. The molecule has 272 valence electrons. The van der Waals surface area contributed by atoms with Crippen LogP contribution in [0.5, 0.6) is 0 Å². The van der Waals surface area contributed by atoms with E-state index < -0.39 is 0 Å². The maximum Gasteiger partial charge on any atom is 0.164 e. The molecule has 0 spiro atoms. The van der Waals surface area contributed by atoms with Gasteiger partial charge in [-0.3, -0.25) is 0 Å². The molecule has 0 amide bonds. The SMILES string of the molecule is C1=CC(c2nc(-c3ccccc3)nc(-c3cccc(-c4cccc(-n5c6ccccc6c6ccccc65)c4)c3)n2)=C2SC3=C(CC(c4ccccc4)=CCC3)C2C1. The molecule has 3 aliphatic rings. The molecule has 57 heavy (non-hydrogen) atoms. The Bertz CT molecular complexity index is 2930. The van der Waals surface area contributed by atoms with Gasteiger partial charge in [0.1, 0.15) is 0 Å². The van der Waals surface area contributed by atoms with Crippen molar-refractivity contribution in [3.63, 3.8) is 0 Å². The van der Waals surface area contributed by atoms with Crippen LogP contribution in [0.25, 0.3) is 72.5 Å². The molecule has 3 heterocycles. The van der Waals surface area contributed by atoms with Crippen molar-refractivity contribution in [1.29, 1.82) is 0 Å². The molecule has 0 radical (unpaired) electrons. The molecular weight excluding hydrogens is 713 g/mol. The summed E-state index contributed by atoms with van der Waals surface area (Å²) in [6.07, 6.45) is 11.2. The lowest BCUT2D eigenvalue weighted by Crippen LogP contribution is -2.09. The number of aromatic nitrogens is 4. The second-order valence-electron chi connectivity index (χ2n) is 15.0. The molecular formula is C52H38N4S. The topological polar surface area (TPSA) is 43.6 Å². The van der Waals surface area contributed by atoms with Crippen LogP contribution in [-0.2, 0) is 0 Å². The van der Waals surface area contributed by atoms with Crippen LogP contribution in [0.3, 0.4) is 0 Å². The maximum absolute atomic E-state index is 5.29. The number of fused-ring (bicyclic) bond motifs is 5. The van der Waals surface area contributed by atoms with Gasteiger partial charge in [0.15, 0.2) is 17.5 Å². The fraction of sp³-hybridized carbons (Fsp3) is 0.0962. The summed E-state index contributed by atoms with van der Waals surface area (Å²) in [5.74, 6) is 2.44. The number of thioether (sulfide) groups is 1. The van der Waals surface area contributed by atoms with Gasteiger partial charge in [-0.1, -0.05) is 157 Å². The van der Waals surface area contributed by atoms with Gasteiger partial charge in [0.05, 0.1) is 11.0 Å². The number of allylic oxidation sites excluding steroid dienone is 8. The first-order chi connectivity index (χ1) is 28.2. The van der Waals surface area contributed by atoms with Crippen LogP contribution in [0, 0.1) is 5.92 Å². The van der Waals surface area contributed by atoms with E-state index in [2.05, 4.69) is 162 Å². The van der Waals surface area contributed by atoms with Crippen molar-refractivity contribution in [3.05, 3.63) is 203 Å². The molecule has 11 rings (SSSR count). The van der Waals surface area contributed by atoms with Crippen molar-refractivity contribution >= 4 is 44.7 Å². The summed E-state index contributed by atoms with van der Waals surface area (Å²) in [4.78, 5) is 18.5. The molecule has 0 bridgehead atoms. The van der Waals surface area contributed by atoms with Gasteiger partial charge in [0.2, 0.25) is 0 Å². The van der Waals surface area contributed by atoms with Gasteiger partial charge in [-0.2, -0.15) is 0 Å². The van der Waals surface area contributed by atoms with E-state index in [1.807, 2.05) is 30.0 Å². The quantitative estimate of drug-likeness (QED) is 0.170. The first-order valence-corrected chi connectivity index (χ1v) is 20.6. The van der Waals surface area contributed by atoms with Gasteiger partial charge >= 0.3 is 0 Å². The average Bonchev–Trinajstić information content (AvgIpc) is 3.73. The summed E-state index contributed by atoms with van der Waals surface area (Å²) in [5, 5.41) is 2.51. The van der Waals surface area contributed by atoms with E-state index in [9.17, 15) is 0 Å². The molecule has 1 aliphatic heterocycles. The Labute approximate surface area is 336 Å². The zero-order valence-electron chi connectivity index (χ0n) is 31.3. The number of rotatable bonds is 6. The number of para-hydroxylation sites is 2. The summed E-state index contributed by atoms with van der Waals surface area (Å²) in [7, 11) is 0. The lowest BCUT2D eigenvalue weighted by atomic mass is 9.84. The van der Waals surface area contributed by atoms with Crippen LogP contribution in [-0.4, -0.2) is 19.5 Å². The Morgan fingerprint density at radius 1 is 0.544 bits per heavy atom. The minimum Gasteiger partial charge on any atom is -0.309 e. The van der Waals surface area contributed by atoms with Crippen LogP contribution in [0.15, 0.2) is 191 Å². The van der Waals surface area contributed by atoms with Gasteiger partial charge in [-0.05, 0) is 88.8 Å². The average molecular weight is 751 g/mol. The predicted molar refractivity (Wildman–Crippen MR) is 238 cm³/mol. The zero-order chi connectivity index (χ0) is 37.7. The van der Waals surface area contributed by atoms with Gasteiger partial charge < -0.3 is 4.57 Å². The van der Waals surface area contributed by atoms with Crippen LogP contribution in [0.2, 0.25) is 0 Å². The van der Waals surface area contributed by atoms with E-state index in [4.69, 9.17) is 15.0 Å². The number of benzene rings is 6. The Hall–Kier alpha value is -6.56. The highest BCUT2D eigenvalue weighted by atomic mass is 32.2. The van der Waals surface area contributed by atoms with E-state index in [1.165, 1.54) is 42.8 Å². The van der Waals surface area contributed by atoms with E-state index in [0.717, 1.165) is 65.0 Å². The van der Waals surface area contributed by atoms with Crippen LogP contribution >= 0.6 is 11.8 Å². The number of hydrogen-bond acceptors (Lipinski definition) is 4. The molecule has 1 atom stereocenters. The van der Waals surface area contributed by atoms with Crippen LogP contribution in [0.4, 0.5) is 0 Å². The fourth-order valence-corrected chi connectivity index (χ4v) is 10.3. The van der Waals surface area contributed by atoms with Crippen molar-refractivity contribution in [2.75, 3.05) is 0 Å². The van der Waals surface area contributed by atoms with Crippen molar-refractivity contribution in [2.45, 2.75) is 25.7 Å². The zero-order valence-corrected chi connectivity index (χ0v) is 32.2. The lowest BCUT2D eigenvalue weighted by Gasteiger charge is -2.22. The molecule has 4 nitrogen and oxygen atoms in total. The largest absolute Gasteiger partial charge is 0.309 e. The van der Waals surface area contributed by atoms with Crippen molar-refractivity contribution in [2.24, 2.45) is 5.92 Å². The summed E-state index contributed by atoms with van der Waals surface area (Å²) in [6, 6.07) is 56.0. The highest BCUT2D eigenvalue weighted by Crippen LogP contribution is 2.56. The molecule has 0 N–H and O–H groups in total. The summed E-state index contributed by atoms with van der Waals surface area (Å²) >= 11 is 1.97. The van der Waals surface area contributed by atoms with Crippen molar-refractivity contribution < 1.29 is 0 Å². The molecule has 2 aliphatic carbocycles. The smallest absolute Gasteiger partial charge is 0.164 e. The Balaban J connectivity index is 0.990. The van der Waals surface area contributed by atoms with Gasteiger partial charge in [0, 0.05) is 44.0 Å². The van der Waals surface area contributed by atoms with E-state index >= 15 is 0 Å². The highest BCUT2D eigenvalue weighted by Gasteiger charge is 2.35. The summed E-state index contributed by atoms with van der Waals surface area (Å²) in [5.41, 5.74) is 13.2. The Morgan fingerprint density at radius 2 is 1.14 bits per heavy atom. The number of hydrogen-bond donors (Lipinski definition) is 0. The first kappa shape index (κ1) is 33.8. The third kappa shape index (κ3) is 6.07. The molecule has 0 fully saturated rings. The molecule has 5 heteroatoms. The molecule has 6 aromatic carbocycles. The van der Waals surface area contributed by atoms with Crippen molar-refractivity contribution in [1.82, 2.24) is 19.5 Å². The minimum absolute atomic E-state index is 0.348. The van der Waals surface area contributed by atoms with Gasteiger partial charge in [-0.15, -0.1) is 0 Å². The van der Waals surface area contributed by atoms with Gasteiger partial charge in [-0.25, -0.2) is 15.0 Å².